The molecule has 0 aliphatic rings. The zero-order valence-corrected chi connectivity index (χ0v) is 11.2. The lowest BCUT2D eigenvalue weighted by molar-refractivity contribution is 0.130. The van der Waals surface area contributed by atoms with Crippen LogP contribution in [0.2, 0.25) is 10.0 Å². The van der Waals surface area contributed by atoms with Gasteiger partial charge in [0.2, 0.25) is 0 Å². The van der Waals surface area contributed by atoms with Gasteiger partial charge in [0, 0.05) is 21.2 Å². The van der Waals surface area contributed by atoms with E-state index in [0.717, 1.165) is 16.8 Å². The number of hydrogen-bond donors (Lipinski definition) is 0. The molecular weight excluding hydrogens is 273 g/mol. The highest BCUT2D eigenvalue weighted by Gasteiger charge is 2.06. The average Bonchev–Trinajstić information content (AvgIpc) is 2.86. The molecule has 1 aromatic carbocycles. The second-order valence-corrected chi connectivity index (χ2v) is 4.48. The second kappa shape index (κ2) is 5.94. The molecule has 0 fully saturated rings. The summed E-state index contributed by atoms with van der Waals surface area (Å²) in [5, 5.41) is 5.12. The minimum atomic E-state index is 0.230. The lowest BCUT2D eigenvalue weighted by Gasteiger charge is -2.05. The molecule has 2 rings (SSSR count). The Kier molecular flexibility index (Phi) is 4.28. The van der Waals surface area contributed by atoms with Gasteiger partial charge >= 0.3 is 0 Å². The summed E-state index contributed by atoms with van der Waals surface area (Å²) in [5.41, 5.74) is 2.33. The number of nitrogens with zero attached hydrogens (tertiary/aromatic N) is 1. The number of furan rings is 1. The van der Waals surface area contributed by atoms with Crippen molar-refractivity contribution in [1.29, 1.82) is 0 Å². The van der Waals surface area contributed by atoms with Gasteiger partial charge in [0.15, 0.2) is 0 Å². The molecule has 0 spiro atoms. The molecule has 0 N–H and O–H groups in total. The van der Waals surface area contributed by atoms with Gasteiger partial charge in [-0.2, -0.15) is 0 Å². The molecule has 0 saturated carbocycles. The first-order valence-electron chi connectivity index (χ1n) is 5.30. The highest BCUT2D eigenvalue weighted by Crippen LogP contribution is 2.24. The fourth-order valence-electron chi connectivity index (χ4n) is 1.39. The summed E-state index contributed by atoms with van der Waals surface area (Å²) in [6.45, 7) is 2.06. The molecule has 18 heavy (non-hydrogen) atoms. The molecule has 0 aliphatic carbocycles. The van der Waals surface area contributed by atoms with Crippen LogP contribution in [0.3, 0.4) is 0 Å². The quantitative estimate of drug-likeness (QED) is 0.610. The van der Waals surface area contributed by atoms with Gasteiger partial charge in [0.05, 0.1) is 18.2 Å². The Hall–Kier alpha value is -1.45. The zero-order valence-electron chi connectivity index (χ0n) is 9.69. The van der Waals surface area contributed by atoms with E-state index >= 15 is 0 Å². The number of oxime groups is 1. The van der Waals surface area contributed by atoms with Gasteiger partial charge in [-0.15, -0.1) is 0 Å². The molecule has 1 heterocycles. The summed E-state index contributed by atoms with van der Waals surface area (Å²) in [5.74, 6) is 0. The van der Waals surface area contributed by atoms with Crippen LogP contribution < -0.4 is 0 Å². The molecule has 2 aromatic rings. The molecule has 0 atom stereocenters. The van der Waals surface area contributed by atoms with Gasteiger partial charge in [-0.25, -0.2) is 0 Å². The van der Waals surface area contributed by atoms with Crippen molar-refractivity contribution >= 4 is 28.9 Å². The van der Waals surface area contributed by atoms with Crippen LogP contribution in [0.1, 0.15) is 18.1 Å². The van der Waals surface area contributed by atoms with Gasteiger partial charge in [-0.05, 0) is 25.1 Å². The van der Waals surface area contributed by atoms with Crippen molar-refractivity contribution in [2.24, 2.45) is 5.16 Å². The molecular formula is C13H11Cl2NO2. The monoisotopic (exact) mass is 283 g/mol. The molecule has 0 saturated heterocycles. The molecule has 1 aromatic heterocycles. The van der Waals surface area contributed by atoms with Crippen molar-refractivity contribution in [2.45, 2.75) is 13.5 Å². The summed E-state index contributed by atoms with van der Waals surface area (Å²) >= 11 is 12.0. The second-order valence-electron chi connectivity index (χ2n) is 3.66. The van der Waals surface area contributed by atoms with Crippen LogP contribution in [0.4, 0.5) is 0 Å². The van der Waals surface area contributed by atoms with Crippen LogP contribution >= 0.6 is 23.2 Å². The molecule has 0 unspecified atom stereocenters. The standard InChI is InChI=1S/C13H11Cl2NO2/c1-9(10-5-6-17-7-10)16-18-8-11-12(14)3-2-4-13(11)15/h2-7H,8H2,1H3. The van der Waals surface area contributed by atoms with E-state index in [-0.39, 0.29) is 6.61 Å². The fourth-order valence-corrected chi connectivity index (χ4v) is 1.89. The molecule has 0 amide bonds. The predicted octanol–water partition coefficient (Wildman–Crippen LogP) is 4.53. The van der Waals surface area contributed by atoms with Crippen LogP contribution in [0, 0.1) is 0 Å². The van der Waals surface area contributed by atoms with E-state index in [4.69, 9.17) is 32.5 Å². The van der Waals surface area contributed by atoms with Crippen molar-refractivity contribution in [1.82, 2.24) is 0 Å². The first-order chi connectivity index (χ1) is 8.68. The first-order valence-corrected chi connectivity index (χ1v) is 6.06. The third kappa shape index (κ3) is 3.06. The van der Waals surface area contributed by atoms with Crippen molar-refractivity contribution in [3.8, 4) is 0 Å². The third-order valence-corrected chi connectivity index (χ3v) is 3.12. The smallest absolute Gasteiger partial charge is 0.145 e. The Bertz CT molecular complexity index is 530. The van der Waals surface area contributed by atoms with E-state index in [1.807, 2.05) is 13.0 Å². The van der Waals surface area contributed by atoms with Gasteiger partial charge in [0.1, 0.15) is 6.61 Å². The summed E-state index contributed by atoms with van der Waals surface area (Å²) in [7, 11) is 0. The average molecular weight is 284 g/mol. The Morgan fingerprint density at radius 1 is 1.28 bits per heavy atom. The fraction of sp³-hybridized carbons (Fsp3) is 0.154. The summed E-state index contributed by atoms with van der Waals surface area (Å²) in [6, 6.07) is 7.12. The van der Waals surface area contributed by atoms with E-state index in [9.17, 15) is 0 Å². The Labute approximate surface area is 115 Å². The van der Waals surface area contributed by atoms with Crippen LogP contribution in [-0.2, 0) is 11.4 Å². The van der Waals surface area contributed by atoms with Crippen molar-refractivity contribution in [3.63, 3.8) is 0 Å². The van der Waals surface area contributed by atoms with Crippen molar-refractivity contribution in [2.75, 3.05) is 0 Å². The number of halogens is 2. The van der Waals surface area contributed by atoms with Crippen LogP contribution in [0.5, 0.6) is 0 Å². The van der Waals surface area contributed by atoms with Crippen molar-refractivity contribution in [3.05, 3.63) is 58.0 Å². The van der Waals surface area contributed by atoms with Crippen molar-refractivity contribution < 1.29 is 9.25 Å². The maximum atomic E-state index is 6.02. The van der Waals surface area contributed by atoms with Gasteiger partial charge in [-0.3, -0.25) is 0 Å². The lowest BCUT2D eigenvalue weighted by Crippen LogP contribution is -1.96. The zero-order chi connectivity index (χ0) is 13.0. The normalized spacial score (nSPS) is 11.6. The van der Waals surface area contributed by atoms with E-state index in [0.29, 0.717) is 10.0 Å². The number of benzene rings is 1. The molecule has 0 radical (unpaired) electrons. The first kappa shape index (κ1) is 13.0. The van der Waals surface area contributed by atoms with Gasteiger partial charge in [0.25, 0.3) is 0 Å². The van der Waals surface area contributed by atoms with Crippen LogP contribution in [0.25, 0.3) is 0 Å². The molecule has 0 aliphatic heterocycles. The summed E-state index contributed by atoms with van der Waals surface area (Å²) in [6.07, 6.45) is 3.18. The van der Waals surface area contributed by atoms with E-state index in [1.165, 1.54) is 0 Å². The maximum Gasteiger partial charge on any atom is 0.145 e. The highest BCUT2D eigenvalue weighted by molar-refractivity contribution is 6.35. The summed E-state index contributed by atoms with van der Waals surface area (Å²) < 4.78 is 4.96. The van der Waals surface area contributed by atoms with Crippen LogP contribution in [-0.4, -0.2) is 5.71 Å². The molecule has 3 nitrogen and oxygen atoms in total. The molecule has 5 heteroatoms. The number of hydrogen-bond acceptors (Lipinski definition) is 3. The summed E-state index contributed by atoms with van der Waals surface area (Å²) in [4.78, 5) is 5.24. The maximum absolute atomic E-state index is 6.02. The number of rotatable bonds is 4. The van der Waals surface area contributed by atoms with Gasteiger partial charge < -0.3 is 9.25 Å². The van der Waals surface area contributed by atoms with E-state index in [1.54, 1.807) is 30.7 Å². The topological polar surface area (TPSA) is 34.7 Å². The molecule has 0 bridgehead atoms. The van der Waals surface area contributed by atoms with Crippen LogP contribution in [0.15, 0.2) is 46.4 Å². The highest BCUT2D eigenvalue weighted by atomic mass is 35.5. The Morgan fingerprint density at radius 3 is 2.61 bits per heavy atom. The Balaban J connectivity index is 2.02. The van der Waals surface area contributed by atoms with E-state index in [2.05, 4.69) is 5.16 Å². The third-order valence-electron chi connectivity index (χ3n) is 2.41. The minimum Gasteiger partial charge on any atom is -0.472 e. The molecule has 94 valence electrons. The minimum absolute atomic E-state index is 0.230. The lowest BCUT2D eigenvalue weighted by atomic mass is 10.2. The SMILES string of the molecule is CC(=NOCc1c(Cl)cccc1Cl)c1ccoc1. The predicted molar refractivity (Wildman–Crippen MR) is 72.2 cm³/mol. The van der Waals surface area contributed by atoms with E-state index < -0.39 is 0 Å². The largest absolute Gasteiger partial charge is 0.472 e. The van der Waals surface area contributed by atoms with Gasteiger partial charge in [-0.1, -0.05) is 34.4 Å². The Morgan fingerprint density at radius 2 is 2.00 bits per heavy atom.